The van der Waals surface area contributed by atoms with Crippen LogP contribution in [0.4, 0.5) is 4.39 Å². The molecule has 1 atom stereocenters. The van der Waals surface area contributed by atoms with Gasteiger partial charge in [-0.3, -0.25) is 4.98 Å². The number of hydrogen-bond donors (Lipinski definition) is 2. The highest BCUT2D eigenvalue weighted by atomic mass is 19.1. The molecule has 0 spiro atoms. The molecule has 14 heavy (non-hydrogen) atoms. The second kappa shape index (κ2) is 4.48. The van der Waals surface area contributed by atoms with Crippen LogP contribution in [0, 0.1) is 5.82 Å². The number of pyridine rings is 1. The van der Waals surface area contributed by atoms with E-state index in [0.717, 1.165) is 6.20 Å². The molecular weight excluding hydrogens is 183 g/mol. The largest absolute Gasteiger partial charge is 0.394 e. The Labute approximate surface area is 83.0 Å². The van der Waals surface area contributed by atoms with E-state index in [1.54, 1.807) is 13.1 Å². The predicted molar refractivity (Wildman–Crippen MR) is 52.3 cm³/mol. The molecule has 0 aliphatic heterocycles. The van der Waals surface area contributed by atoms with E-state index >= 15 is 0 Å². The van der Waals surface area contributed by atoms with Gasteiger partial charge in [-0.2, -0.15) is 0 Å². The van der Waals surface area contributed by atoms with E-state index in [1.165, 1.54) is 6.07 Å². The van der Waals surface area contributed by atoms with Crippen molar-refractivity contribution in [3.63, 3.8) is 0 Å². The Morgan fingerprint density at radius 3 is 2.64 bits per heavy atom. The van der Waals surface area contributed by atoms with Crippen LogP contribution < -0.4 is 5.32 Å². The second-order valence-corrected chi connectivity index (χ2v) is 3.21. The van der Waals surface area contributed by atoms with Gasteiger partial charge in [-0.25, -0.2) is 4.39 Å². The average molecular weight is 198 g/mol. The molecule has 0 saturated carbocycles. The smallest absolute Gasteiger partial charge is 0.141 e. The van der Waals surface area contributed by atoms with Gasteiger partial charge >= 0.3 is 0 Å². The fraction of sp³-hybridized carbons (Fsp3) is 0.500. The van der Waals surface area contributed by atoms with Crippen LogP contribution in [0.1, 0.15) is 19.0 Å². The molecule has 1 aromatic rings. The Morgan fingerprint density at radius 1 is 1.57 bits per heavy atom. The lowest BCUT2D eigenvalue weighted by molar-refractivity contribution is 0.160. The van der Waals surface area contributed by atoms with Crippen LogP contribution in [-0.4, -0.2) is 23.7 Å². The van der Waals surface area contributed by atoms with Gasteiger partial charge in [0.15, 0.2) is 0 Å². The lowest BCUT2D eigenvalue weighted by Crippen LogP contribution is -2.43. The predicted octanol–water partition coefficient (Wildman–Crippen LogP) is 1.04. The monoisotopic (exact) mass is 198 g/mol. The number of rotatable bonds is 4. The van der Waals surface area contributed by atoms with Crippen molar-refractivity contribution in [2.24, 2.45) is 0 Å². The summed E-state index contributed by atoms with van der Waals surface area (Å²) in [6.45, 7) is 1.89. The van der Waals surface area contributed by atoms with Crippen molar-refractivity contribution < 1.29 is 9.50 Å². The van der Waals surface area contributed by atoms with Crippen LogP contribution in [0.3, 0.4) is 0 Å². The minimum atomic E-state index is -0.562. The number of nitrogens with zero attached hydrogens (tertiary/aromatic N) is 1. The van der Waals surface area contributed by atoms with Gasteiger partial charge in [0, 0.05) is 0 Å². The maximum absolute atomic E-state index is 12.6. The Kier molecular flexibility index (Phi) is 3.55. The summed E-state index contributed by atoms with van der Waals surface area (Å²) in [6, 6.07) is 2.94. The highest BCUT2D eigenvalue weighted by Crippen LogP contribution is 2.21. The average Bonchev–Trinajstić information content (AvgIpc) is 2.24. The number of likely N-dealkylation sites (N-methyl/N-ethyl adjacent to an activating group) is 1. The van der Waals surface area contributed by atoms with Crippen molar-refractivity contribution in [2.75, 3.05) is 13.7 Å². The fourth-order valence-corrected chi connectivity index (χ4v) is 1.42. The summed E-state index contributed by atoms with van der Waals surface area (Å²) in [5.41, 5.74) is 0.0969. The van der Waals surface area contributed by atoms with Crippen molar-refractivity contribution >= 4 is 0 Å². The van der Waals surface area contributed by atoms with E-state index in [-0.39, 0.29) is 12.4 Å². The third-order valence-corrected chi connectivity index (χ3v) is 2.57. The Balaban J connectivity index is 3.05. The first-order chi connectivity index (χ1) is 6.68. The molecule has 0 bridgehead atoms. The van der Waals surface area contributed by atoms with Crippen LogP contribution >= 0.6 is 0 Å². The molecule has 0 aromatic carbocycles. The molecule has 0 saturated heterocycles. The van der Waals surface area contributed by atoms with E-state index in [0.29, 0.717) is 12.1 Å². The number of aliphatic hydroxyl groups excluding tert-OH is 1. The van der Waals surface area contributed by atoms with Crippen molar-refractivity contribution in [3.8, 4) is 0 Å². The normalized spacial score (nSPS) is 15.1. The lowest BCUT2D eigenvalue weighted by Gasteiger charge is -2.29. The van der Waals surface area contributed by atoms with Crippen LogP contribution in [0.2, 0.25) is 0 Å². The first-order valence-corrected chi connectivity index (χ1v) is 4.60. The van der Waals surface area contributed by atoms with Gasteiger partial charge in [-0.1, -0.05) is 6.92 Å². The molecule has 2 N–H and O–H groups in total. The maximum atomic E-state index is 12.6. The minimum absolute atomic E-state index is 0.0569. The van der Waals surface area contributed by atoms with Gasteiger partial charge in [-0.15, -0.1) is 0 Å². The number of hydrogen-bond acceptors (Lipinski definition) is 3. The van der Waals surface area contributed by atoms with Crippen LogP contribution in [0.25, 0.3) is 0 Å². The number of aromatic nitrogens is 1. The molecule has 0 aliphatic rings. The van der Waals surface area contributed by atoms with E-state index in [9.17, 15) is 9.50 Å². The molecule has 3 nitrogen and oxygen atoms in total. The molecule has 1 heterocycles. The second-order valence-electron chi connectivity index (χ2n) is 3.21. The molecule has 0 radical (unpaired) electrons. The number of nitrogens with one attached hydrogen (secondary N) is 1. The summed E-state index contributed by atoms with van der Waals surface area (Å²) < 4.78 is 12.6. The Morgan fingerprint density at radius 2 is 2.29 bits per heavy atom. The maximum Gasteiger partial charge on any atom is 0.141 e. The first kappa shape index (κ1) is 11.1. The van der Waals surface area contributed by atoms with Crippen LogP contribution in [-0.2, 0) is 5.54 Å². The van der Waals surface area contributed by atoms with Crippen LogP contribution in [0.5, 0.6) is 0 Å². The van der Waals surface area contributed by atoms with Crippen LogP contribution in [0.15, 0.2) is 18.3 Å². The highest BCUT2D eigenvalue weighted by Gasteiger charge is 2.28. The number of aliphatic hydroxyl groups is 1. The van der Waals surface area contributed by atoms with E-state index < -0.39 is 5.54 Å². The van der Waals surface area contributed by atoms with Crippen molar-refractivity contribution in [1.82, 2.24) is 10.3 Å². The zero-order valence-corrected chi connectivity index (χ0v) is 8.42. The first-order valence-electron chi connectivity index (χ1n) is 4.60. The van der Waals surface area contributed by atoms with Crippen molar-refractivity contribution in [2.45, 2.75) is 18.9 Å². The molecule has 1 rings (SSSR count). The summed E-state index contributed by atoms with van der Waals surface area (Å²) in [5, 5.41) is 12.3. The van der Waals surface area contributed by atoms with E-state index in [2.05, 4.69) is 10.3 Å². The summed E-state index contributed by atoms with van der Waals surface area (Å²) in [6.07, 6.45) is 1.85. The fourth-order valence-electron chi connectivity index (χ4n) is 1.42. The topological polar surface area (TPSA) is 45.1 Å². The number of halogens is 1. The summed E-state index contributed by atoms with van der Waals surface area (Å²) in [5.74, 6) is -0.368. The molecule has 1 unspecified atom stereocenters. The molecular formula is C10H15FN2O. The molecule has 0 amide bonds. The highest BCUT2D eigenvalue weighted by molar-refractivity contribution is 5.16. The zero-order valence-electron chi connectivity index (χ0n) is 8.42. The third kappa shape index (κ3) is 1.91. The van der Waals surface area contributed by atoms with Gasteiger partial charge in [0.05, 0.1) is 24.0 Å². The van der Waals surface area contributed by atoms with Gasteiger partial charge < -0.3 is 10.4 Å². The molecule has 4 heteroatoms. The Hall–Kier alpha value is -1.00. The standard InChI is InChI=1S/C10H15FN2O/c1-3-10(7-14,12-2)9-5-4-8(11)6-13-9/h4-6,12,14H,3,7H2,1-2H3. The molecule has 1 aromatic heterocycles. The van der Waals surface area contributed by atoms with Crippen molar-refractivity contribution in [1.29, 1.82) is 0 Å². The zero-order chi connectivity index (χ0) is 10.6. The summed E-state index contributed by atoms with van der Waals surface area (Å²) >= 11 is 0. The molecule has 78 valence electrons. The molecule has 0 aliphatic carbocycles. The summed E-state index contributed by atoms with van der Waals surface area (Å²) in [7, 11) is 1.75. The van der Waals surface area contributed by atoms with Gasteiger partial charge in [0.25, 0.3) is 0 Å². The third-order valence-electron chi connectivity index (χ3n) is 2.57. The van der Waals surface area contributed by atoms with Gasteiger partial charge in [-0.05, 0) is 25.6 Å². The lowest BCUT2D eigenvalue weighted by atomic mass is 9.92. The van der Waals surface area contributed by atoms with Gasteiger partial charge in [0.1, 0.15) is 5.82 Å². The Bertz CT molecular complexity index is 274. The molecule has 0 fully saturated rings. The van der Waals surface area contributed by atoms with Crippen molar-refractivity contribution in [3.05, 3.63) is 29.8 Å². The van der Waals surface area contributed by atoms with E-state index in [4.69, 9.17) is 0 Å². The minimum Gasteiger partial charge on any atom is -0.394 e. The summed E-state index contributed by atoms with van der Waals surface area (Å²) in [4.78, 5) is 3.97. The van der Waals surface area contributed by atoms with E-state index in [1.807, 2.05) is 6.92 Å². The van der Waals surface area contributed by atoms with Gasteiger partial charge in [0.2, 0.25) is 0 Å². The SMILES string of the molecule is CCC(CO)(NC)c1ccc(F)cn1. The quantitative estimate of drug-likeness (QED) is 0.759.